The molecule has 0 saturated carbocycles. The number of nitrogens with one attached hydrogen (secondary N) is 2. The van der Waals surface area contributed by atoms with Gasteiger partial charge in [-0.05, 0) is 12.0 Å². The maximum Gasteiger partial charge on any atom is 0.143 e. The van der Waals surface area contributed by atoms with Crippen molar-refractivity contribution < 1.29 is 5.11 Å². The van der Waals surface area contributed by atoms with Gasteiger partial charge in [0.1, 0.15) is 23.9 Å². The molecule has 118 valence electrons. The molecule has 0 radical (unpaired) electrons. The Morgan fingerprint density at radius 1 is 1.39 bits per heavy atom. The maximum absolute atomic E-state index is 9.51. The Bertz CT molecular complexity index is 861. The molecule has 0 saturated heterocycles. The first kappa shape index (κ1) is 15.5. The number of anilines is 1. The van der Waals surface area contributed by atoms with Crippen LogP contribution in [0.15, 0.2) is 23.2 Å². The molecule has 0 unspecified atom stereocenters. The minimum absolute atomic E-state index is 0.0313. The number of aromatic nitrogens is 3. The molecule has 3 N–H and O–H groups in total. The zero-order chi connectivity index (χ0) is 16.4. The number of thiophene rings is 1. The van der Waals surface area contributed by atoms with Crippen LogP contribution in [0.1, 0.15) is 19.4 Å². The number of rotatable bonds is 5. The summed E-state index contributed by atoms with van der Waals surface area (Å²) in [5.74, 6) is 0.949. The average molecular weight is 327 g/mol. The molecule has 3 aromatic rings. The third-order valence-corrected chi connectivity index (χ3v) is 4.57. The van der Waals surface area contributed by atoms with Gasteiger partial charge in [0.2, 0.25) is 0 Å². The van der Waals surface area contributed by atoms with E-state index in [1.165, 1.54) is 17.7 Å². The second kappa shape index (κ2) is 6.36. The van der Waals surface area contributed by atoms with Crippen LogP contribution in [0.25, 0.3) is 22.3 Å². The molecule has 0 spiro atoms. The molecule has 0 aromatic carbocycles. The van der Waals surface area contributed by atoms with Crippen LogP contribution < -0.4 is 5.32 Å². The first-order chi connectivity index (χ1) is 11.1. The van der Waals surface area contributed by atoms with E-state index in [0.717, 1.165) is 16.6 Å². The zero-order valence-corrected chi connectivity index (χ0v) is 13.7. The van der Waals surface area contributed by atoms with Gasteiger partial charge in [0.25, 0.3) is 0 Å². The summed E-state index contributed by atoms with van der Waals surface area (Å²) in [6, 6.07) is 4.05. The number of hydrogen-bond donors (Lipinski definition) is 3. The third-order valence-electron chi connectivity index (χ3n) is 3.82. The summed E-state index contributed by atoms with van der Waals surface area (Å²) >= 11 is 1.49. The minimum atomic E-state index is -0.0812. The standard InChI is InChI=1S/C16H17N5OS/c1-9(2)14(5-22)21-16-11-3-13(20-15(11)18-8-19-16)12-7-23-6-10(12)4-17/h3,6-9,14,22H,5H2,1-2H3,(H2,18,19,20,21)/t14-/m0/s1. The molecule has 7 heteroatoms. The summed E-state index contributed by atoms with van der Waals surface area (Å²) in [6.45, 7) is 4.11. The van der Waals surface area contributed by atoms with E-state index in [9.17, 15) is 10.4 Å². The predicted molar refractivity (Wildman–Crippen MR) is 91.3 cm³/mol. The van der Waals surface area contributed by atoms with Gasteiger partial charge in [-0.1, -0.05) is 13.8 Å². The molecule has 6 nitrogen and oxygen atoms in total. The minimum Gasteiger partial charge on any atom is -0.394 e. The second-order valence-electron chi connectivity index (χ2n) is 5.66. The molecule has 0 bridgehead atoms. The predicted octanol–water partition coefficient (Wildman–Crippen LogP) is 2.99. The fourth-order valence-corrected chi connectivity index (χ4v) is 3.16. The molecule has 23 heavy (non-hydrogen) atoms. The van der Waals surface area contributed by atoms with Gasteiger partial charge < -0.3 is 15.4 Å². The molecule has 3 rings (SSSR count). The van der Waals surface area contributed by atoms with Crippen LogP contribution in [0.3, 0.4) is 0 Å². The van der Waals surface area contributed by atoms with Crippen LogP contribution in [0.5, 0.6) is 0 Å². The Kier molecular flexibility index (Phi) is 4.28. The highest BCUT2D eigenvalue weighted by Crippen LogP contribution is 2.31. The SMILES string of the molecule is CC(C)[C@H](CO)Nc1ncnc2[nH]c(-c3cscc3C#N)cc12. The van der Waals surface area contributed by atoms with Gasteiger partial charge in [-0.2, -0.15) is 16.6 Å². The summed E-state index contributed by atoms with van der Waals surface area (Å²) in [6.07, 6.45) is 1.48. The van der Waals surface area contributed by atoms with Gasteiger partial charge in [0.15, 0.2) is 0 Å². The summed E-state index contributed by atoms with van der Waals surface area (Å²) in [5, 5.41) is 26.6. The van der Waals surface area contributed by atoms with E-state index < -0.39 is 0 Å². The first-order valence-corrected chi connectivity index (χ1v) is 8.26. The van der Waals surface area contributed by atoms with Crippen molar-refractivity contribution in [3.8, 4) is 17.3 Å². The van der Waals surface area contributed by atoms with Crippen molar-refractivity contribution in [2.45, 2.75) is 19.9 Å². The number of aromatic amines is 1. The Morgan fingerprint density at radius 2 is 2.22 bits per heavy atom. The van der Waals surface area contributed by atoms with Gasteiger partial charge in [0.05, 0.1) is 23.6 Å². The van der Waals surface area contributed by atoms with Gasteiger partial charge in [-0.25, -0.2) is 9.97 Å². The second-order valence-corrected chi connectivity index (χ2v) is 6.40. The molecule has 3 aromatic heterocycles. The number of hydrogen-bond acceptors (Lipinski definition) is 6. The van der Waals surface area contributed by atoms with E-state index in [1.54, 1.807) is 0 Å². The van der Waals surface area contributed by atoms with E-state index in [0.29, 0.717) is 17.0 Å². The van der Waals surface area contributed by atoms with Crippen molar-refractivity contribution in [3.05, 3.63) is 28.7 Å². The lowest BCUT2D eigenvalue weighted by atomic mass is 10.1. The van der Waals surface area contributed by atoms with Crippen molar-refractivity contribution in [1.29, 1.82) is 5.26 Å². The highest BCUT2D eigenvalue weighted by Gasteiger charge is 2.17. The van der Waals surface area contributed by atoms with E-state index in [1.807, 2.05) is 30.7 Å². The van der Waals surface area contributed by atoms with Crippen LogP contribution in [0, 0.1) is 17.2 Å². The first-order valence-electron chi connectivity index (χ1n) is 7.31. The van der Waals surface area contributed by atoms with Crippen molar-refractivity contribution >= 4 is 28.2 Å². The highest BCUT2D eigenvalue weighted by molar-refractivity contribution is 7.08. The van der Waals surface area contributed by atoms with Gasteiger partial charge in [-0.15, -0.1) is 0 Å². The maximum atomic E-state index is 9.51. The Labute approximate surface area is 137 Å². The largest absolute Gasteiger partial charge is 0.394 e. The Morgan fingerprint density at radius 3 is 2.91 bits per heavy atom. The molecule has 0 fully saturated rings. The Balaban J connectivity index is 2.04. The molecule has 0 aliphatic heterocycles. The average Bonchev–Trinajstić information content (AvgIpc) is 3.17. The molecule has 0 amide bonds. The zero-order valence-electron chi connectivity index (χ0n) is 12.9. The van der Waals surface area contributed by atoms with Crippen molar-refractivity contribution in [2.24, 2.45) is 5.92 Å². The summed E-state index contributed by atoms with van der Waals surface area (Å²) in [7, 11) is 0. The third kappa shape index (κ3) is 2.91. The lowest BCUT2D eigenvalue weighted by Gasteiger charge is -2.20. The van der Waals surface area contributed by atoms with E-state index in [4.69, 9.17) is 0 Å². The molecule has 0 aliphatic carbocycles. The molecule has 3 heterocycles. The van der Waals surface area contributed by atoms with Crippen LogP contribution >= 0.6 is 11.3 Å². The molecule has 1 atom stereocenters. The van der Waals surface area contributed by atoms with Gasteiger partial charge in [0, 0.05) is 22.0 Å². The Hall–Kier alpha value is -2.43. The number of fused-ring (bicyclic) bond motifs is 1. The number of H-pyrrole nitrogens is 1. The van der Waals surface area contributed by atoms with E-state index >= 15 is 0 Å². The normalized spacial score (nSPS) is 12.5. The van der Waals surface area contributed by atoms with Crippen LogP contribution in [-0.4, -0.2) is 32.7 Å². The molecular formula is C16H17N5OS. The molecular weight excluding hydrogens is 310 g/mol. The fraction of sp³-hybridized carbons (Fsp3) is 0.312. The van der Waals surface area contributed by atoms with Gasteiger partial charge in [-0.3, -0.25) is 0 Å². The lowest BCUT2D eigenvalue weighted by Crippen LogP contribution is -2.29. The van der Waals surface area contributed by atoms with Crippen molar-refractivity contribution in [3.63, 3.8) is 0 Å². The summed E-state index contributed by atoms with van der Waals surface area (Å²) < 4.78 is 0. The summed E-state index contributed by atoms with van der Waals surface area (Å²) in [5.41, 5.74) is 3.04. The van der Waals surface area contributed by atoms with Crippen LogP contribution in [0.4, 0.5) is 5.82 Å². The highest BCUT2D eigenvalue weighted by atomic mass is 32.1. The lowest BCUT2D eigenvalue weighted by molar-refractivity contribution is 0.249. The van der Waals surface area contributed by atoms with Crippen molar-refractivity contribution in [2.75, 3.05) is 11.9 Å². The number of nitriles is 1. The smallest absolute Gasteiger partial charge is 0.143 e. The topological polar surface area (TPSA) is 97.6 Å². The quantitative estimate of drug-likeness (QED) is 0.669. The van der Waals surface area contributed by atoms with Crippen molar-refractivity contribution in [1.82, 2.24) is 15.0 Å². The number of aliphatic hydroxyl groups excluding tert-OH is 1. The summed E-state index contributed by atoms with van der Waals surface area (Å²) in [4.78, 5) is 11.8. The van der Waals surface area contributed by atoms with Gasteiger partial charge >= 0.3 is 0 Å². The van der Waals surface area contributed by atoms with E-state index in [2.05, 4.69) is 26.3 Å². The fourth-order valence-electron chi connectivity index (χ4n) is 2.39. The van der Waals surface area contributed by atoms with Crippen LogP contribution in [-0.2, 0) is 0 Å². The monoisotopic (exact) mass is 327 g/mol. The molecule has 0 aliphatic rings. The number of aliphatic hydroxyl groups is 1. The van der Waals surface area contributed by atoms with Crippen LogP contribution in [0.2, 0.25) is 0 Å². The van der Waals surface area contributed by atoms with E-state index in [-0.39, 0.29) is 18.6 Å². The number of nitrogens with zero attached hydrogens (tertiary/aromatic N) is 3.